The number of hydrogen-bond donors (Lipinski definition) is 5. The van der Waals surface area contributed by atoms with Gasteiger partial charge in [0.2, 0.25) is 15.9 Å². The summed E-state index contributed by atoms with van der Waals surface area (Å²) in [5.41, 5.74) is 2.67. The Morgan fingerprint density at radius 1 is 1.05 bits per heavy atom. The SMILES string of the molecule is CN(Cc1ccc(O)cc1Cl)C(=O)Cc1cccc(CC(C)(C)NC[C@@H](O)c2ccc(O)c(NS(C)(=O)=O)c2)c1. The summed E-state index contributed by atoms with van der Waals surface area (Å²) in [7, 11) is -1.88. The number of aromatic hydroxyl groups is 2. The quantitative estimate of drug-likeness (QED) is 0.201. The molecule has 0 spiro atoms. The molecule has 3 aromatic carbocycles. The number of aliphatic hydroxyl groups is 1. The van der Waals surface area contributed by atoms with Crippen LogP contribution in [0.4, 0.5) is 5.69 Å². The fourth-order valence-electron chi connectivity index (χ4n) is 4.27. The molecule has 0 aromatic heterocycles. The number of nitrogens with zero attached hydrogens (tertiary/aromatic N) is 1. The third-order valence-corrected chi connectivity index (χ3v) is 7.28. The number of phenolic OH excluding ortho intramolecular Hbond substituents is 2. The number of amides is 1. The van der Waals surface area contributed by atoms with Gasteiger partial charge in [-0.1, -0.05) is 48.0 Å². The first-order valence-corrected chi connectivity index (χ1v) is 14.9. The van der Waals surface area contributed by atoms with Crippen molar-refractivity contribution in [3.8, 4) is 11.5 Å². The van der Waals surface area contributed by atoms with Gasteiger partial charge in [-0.15, -0.1) is 0 Å². The molecular formula is C29H36ClN3O6S. The van der Waals surface area contributed by atoms with Crippen LogP contribution in [0.15, 0.2) is 60.7 Å². The highest BCUT2D eigenvalue weighted by molar-refractivity contribution is 7.92. The molecule has 0 heterocycles. The van der Waals surface area contributed by atoms with Crippen LogP contribution in [-0.2, 0) is 34.2 Å². The topological polar surface area (TPSA) is 139 Å². The van der Waals surface area contributed by atoms with Gasteiger partial charge in [0.1, 0.15) is 11.5 Å². The molecule has 0 fully saturated rings. The van der Waals surface area contributed by atoms with E-state index in [1.165, 1.54) is 30.3 Å². The van der Waals surface area contributed by atoms with Crippen molar-refractivity contribution in [2.45, 2.75) is 44.9 Å². The maximum Gasteiger partial charge on any atom is 0.229 e. The van der Waals surface area contributed by atoms with E-state index in [1.54, 1.807) is 18.0 Å². The van der Waals surface area contributed by atoms with E-state index in [9.17, 15) is 28.5 Å². The minimum absolute atomic E-state index is 0.00137. The van der Waals surface area contributed by atoms with Crippen molar-refractivity contribution in [2.75, 3.05) is 24.6 Å². The molecule has 1 amide bonds. The van der Waals surface area contributed by atoms with Gasteiger partial charge < -0.3 is 25.5 Å². The van der Waals surface area contributed by atoms with Crippen LogP contribution in [0.2, 0.25) is 5.02 Å². The van der Waals surface area contributed by atoms with Gasteiger partial charge in [0, 0.05) is 30.7 Å². The van der Waals surface area contributed by atoms with Gasteiger partial charge in [0.05, 0.1) is 24.5 Å². The van der Waals surface area contributed by atoms with E-state index in [0.29, 0.717) is 23.6 Å². The Hall–Kier alpha value is -3.31. The Balaban J connectivity index is 1.59. The molecule has 40 heavy (non-hydrogen) atoms. The van der Waals surface area contributed by atoms with Crippen LogP contribution < -0.4 is 10.0 Å². The molecule has 5 N–H and O–H groups in total. The van der Waals surface area contributed by atoms with Crippen molar-refractivity contribution in [3.63, 3.8) is 0 Å². The molecule has 1 atom stereocenters. The number of likely N-dealkylation sites (N-methyl/N-ethyl adjacent to an activating group) is 1. The molecule has 3 aromatic rings. The van der Waals surface area contributed by atoms with E-state index in [2.05, 4.69) is 10.0 Å². The summed E-state index contributed by atoms with van der Waals surface area (Å²) >= 11 is 6.18. The van der Waals surface area contributed by atoms with Crippen LogP contribution in [0.5, 0.6) is 11.5 Å². The number of aliphatic hydroxyl groups excluding tert-OH is 1. The number of benzene rings is 3. The van der Waals surface area contributed by atoms with Crippen molar-refractivity contribution in [2.24, 2.45) is 0 Å². The largest absolute Gasteiger partial charge is 0.508 e. The minimum Gasteiger partial charge on any atom is -0.508 e. The monoisotopic (exact) mass is 589 g/mol. The number of rotatable bonds is 12. The highest BCUT2D eigenvalue weighted by Crippen LogP contribution is 2.28. The molecule has 0 aliphatic heterocycles. The summed E-state index contributed by atoms with van der Waals surface area (Å²) in [5.74, 6) is -0.230. The first-order chi connectivity index (χ1) is 18.6. The molecule has 216 valence electrons. The molecule has 3 rings (SSSR count). The van der Waals surface area contributed by atoms with Gasteiger partial charge in [-0.3, -0.25) is 9.52 Å². The normalized spacial score (nSPS) is 12.7. The summed E-state index contributed by atoms with van der Waals surface area (Å²) < 4.78 is 25.3. The van der Waals surface area contributed by atoms with Gasteiger partial charge in [-0.25, -0.2) is 8.42 Å². The fraction of sp³-hybridized carbons (Fsp3) is 0.345. The number of halogens is 1. The molecule has 0 saturated carbocycles. The maximum absolute atomic E-state index is 12.9. The fourth-order valence-corrected chi connectivity index (χ4v) is 5.07. The van der Waals surface area contributed by atoms with Crippen LogP contribution in [-0.4, -0.2) is 59.9 Å². The zero-order chi connectivity index (χ0) is 29.7. The summed E-state index contributed by atoms with van der Waals surface area (Å²) in [5, 5.41) is 33.9. The Bertz CT molecular complexity index is 1460. The van der Waals surface area contributed by atoms with E-state index < -0.39 is 21.7 Å². The third kappa shape index (κ3) is 9.41. The van der Waals surface area contributed by atoms with Crippen LogP contribution >= 0.6 is 11.6 Å². The second kappa shape index (κ2) is 12.9. The van der Waals surface area contributed by atoms with Gasteiger partial charge >= 0.3 is 0 Å². The van der Waals surface area contributed by atoms with Crippen LogP contribution in [0.3, 0.4) is 0 Å². The molecule has 11 heteroatoms. The van der Waals surface area contributed by atoms with E-state index in [0.717, 1.165) is 22.9 Å². The number of sulfonamides is 1. The first-order valence-electron chi connectivity index (χ1n) is 12.6. The molecule has 9 nitrogen and oxygen atoms in total. The smallest absolute Gasteiger partial charge is 0.229 e. The zero-order valence-electron chi connectivity index (χ0n) is 23.0. The lowest BCUT2D eigenvalue weighted by atomic mass is 9.93. The van der Waals surface area contributed by atoms with E-state index >= 15 is 0 Å². The van der Waals surface area contributed by atoms with Crippen LogP contribution in [0, 0.1) is 0 Å². The summed E-state index contributed by atoms with van der Waals surface area (Å²) in [6.07, 6.45) is 0.881. The average molecular weight is 590 g/mol. The van der Waals surface area contributed by atoms with Crippen LogP contribution in [0.25, 0.3) is 0 Å². The van der Waals surface area contributed by atoms with Crippen molar-refractivity contribution < 1.29 is 28.5 Å². The molecule has 0 aliphatic rings. The van der Waals surface area contributed by atoms with E-state index in [1.807, 2.05) is 38.1 Å². The first kappa shape index (κ1) is 31.2. The Labute approximate surface area is 240 Å². The molecule has 0 unspecified atom stereocenters. The molecule has 0 aliphatic carbocycles. The summed E-state index contributed by atoms with van der Waals surface area (Å²) in [4.78, 5) is 14.5. The van der Waals surface area contributed by atoms with Crippen molar-refractivity contribution >= 4 is 33.2 Å². The standard InChI is InChI=1S/C29H36ClN3O6S/c1-29(2,31-17-27(36)21-9-11-26(35)25(14-21)32-40(4,38)39)16-20-7-5-6-19(12-20)13-28(37)33(3)18-22-8-10-23(34)15-24(22)30/h5-12,14-15,27,31-32,34-36H,13,16-18H2,1-4H3/t27-/m1/s1. The van der Waals surface area contributed by atoms with Crippen molar-refractivity contribution in [1.82, 2.24) is 10.2 Å². The number of hydrogen-bond acceptors (Lipinski definition) is 7. The zero-order valence-corrected chi connectivity index (χ0v) is 24.6. The van der Waals surface area contributed by atoms with Crippen LogP contribution in [0.1, 0.15) is 42.2 Å². The lowest BCUT2D eigenvalue weighted by Gasteiger charge is -2.28. The van der Waals surface area contributed by atoms with E-state index in [-0.39, 0.29) is 36.1 Å². The van der Waals surface area contributed by atoms with Gasteiger partial charge in [-0.2, -0.15) is 0 Å². The molecule has 0 saturated heterocycles. The van der Waals surface area contributed by atoms with Crippen molar-refractivity contribution in [1.29, 1.82) is 0 Å². The lowest BCUT2D eigenvalue weighted by molar-refractivity contribution is -0.129. The Kier molecular flexibility index (Phi) is 10.1. The Morgan fingerprint density at radius 2 is 1.75 bits per heavy atom. The second-order valence-electron chi connectivity index (χ2n) is 10.6. The number of phenols is 2. The number of carbonyl (C=O) groups is 1. The maximum atomic E-state index is 12.9. The van der Waals surface area contributed by atoms with Gasteiger partial charge in [0.15, 0.2) is 0 Å². The third-order valence-electron chi connectivity index (χ3n) is 6.34. The van der Waals surface area contributed by atoms with Gasteiger partial charge in [0.25, 0.3) is 0 Å². The Morgan fingerprint density at radius 3 is 2.42 bits per heavy atom. The number of β-amino-alcohol motifs (C(OH)–C–C–N with tert-alkyl or cyclic N) is 1. The number of carbonyl (C=O) groups excluding carboxylic acids is 1. The molecule has 0 bridgehead atoms. The average Bonchev–Trinajstić information content (AvgIpc) is 2.84. The summed E-state index contributed by atoms with van der Waals surface area (Å²) in [6.45, 7) is 4.52. The molecule has 0 radical (unpaired) electrons. The van der Waals surface area contributed by atoms with E-state index in [4.69, 9.17) is 11.6 Å². The van der Waals surface area contributed by atoms with Crippen molar-refractivity contribution in [3.05, 3.63) is 87.9 Å². The lowest BCUT2D eigenvalue weighted by Crippen LogP contribution is -2.43. The second-order valence-corrected chi connectivity index (χ2v) is 12.8. The number of nitrogens with one attached hydrogen (secondary N) is 2. The highest BCUT2D eigenvalue weighted by Gasteiger charge is 2.21. The summed E-state index contributed by atoms with van der Waals surface area (Å²) in [6, 6.07) is 16.7. The highest BCUT2D eigenvalue weighted by atomic mass is 35.5. The number of anilines is 1. The van der Waals surface area contributed by atoms with Gasteiger partial charge in [-0.05, 0) is 66.8 Å². The molecular weight excluding hydrogens is 554 g/mol. The predicted octanol–water partition coefficient (Wildman–Crippen LogP) is 3.97. The predicted molar refractivity (Wildman–Crippen MR) is 157 cm³/mol. The minimum atomic E-state index is -3.59.